The molecule has 3 rings (SSSR count). The van der Waals surface area contributed by atoms with Crippen LogP contribution >= 0.6 is 11.6 Å². The molecule has 170 valence electrons. The number of hydrogen-bond acceptors (Lipinski definition) is 2. The Bertz CT molecular complexity index is 997. The lowest BCUT2D eigenvalue weighted by atomic mass is 10.1. The van der Waals surface area contributed by atoms with Gasteiger partial charge in [0.2, 0.25) is 0 Å². The molecule has 0 saturated carbocycles. The predicted molar refractivity (Wildman–Crippen MR) is 131 cm³/mol. The molecular formula is C27H33ClN2O2. The zero-order chi connectivity index (χ0) is 22.9. The van der Waals surface area contributed by atoms with Crippen LogP contribution in [0.4, 0.5) is 0 Å². The number of amides is 1. The van der Waals surface area contributed by atoms with Crippen molar-refractivity contribution in [2.45, 2.75) is 59.2 Å². The first-order chi connectivity index (χ1) is 15.5. The molecule has 1 aromatic heterocycles. The van der Waals surface area contributed by atoms with Crippen LogP contribution in [0.5, 0.6) is 5.75 Å². The molecule has 0 radical (unpaired) electrons. The van der Waals surface area contributed by atoms with Crippen molar-refractivity contribution >= 4 is 17.5 Å². The summed E-state index contributed by atoms with van der Waals surface area (Å²) in [5.74, 6) is 0.843. The Morgan fingerprint density at radius 2 is 1.88 bits per heavy atom. The Labute approximate surface area is 196 Å². The zero-order valence-electron chi connectivity index (χ0n) is 19.3. The summed E-state index contributed by atoms with van der Waals surface area (Å²) < 4.78 is 7.92. The van der Waals surface area contributed by atoms with Gasteiger partial charge in [0.25, 0.3) is 5.91 Å². The maximum absolute atomic E-state index is 13.4. The highest BCUT2D eigenvalue weighted by molar-refractivity contribution is 6.30. The van der Waals surface area contributed by atoms with Crippen molar-refractivity contribution in [2.24, 2.45) is 0 Å². The smallest absolute Gasteiger partial charge is 0.254 e. The zero-order valence-corrected chi connectivity index (χ0v) is 20.0. The van der Waals surface area contributed by atoms with Gasteiger partial charge >= 0.3 is 0 Å². The number of hydrogen-bond donors (Lipinski definition) is 0. The van der Waals surface area contributed by atoms with E-state index in [0.717, 1.165) is 47.8 Å². The monoisotopic (exact) mass is 452 g/mol. The quantitative estimate of drug-likeness (QED) is 0.299. The van der Waals surface area contributed by atoms with E-state index in [1.165, 1.54) is 0 Å². The van der Waals surface area contributed by atoms with Crippen LogP contribution < -0.4 is 4.74 Å². The van der Waals surface area contributed by atoms with Gasteiger partial charge in [-0.05, 0) is 73.9 Å². The molecule has 1 atom stereocenters. The molecule has 5 heteroatoms. The number of nitrogens with zero attached hydrogens (tertiary/aromatic N) is 2. The Morgan fingerprint density at radius 3 is 2.56 bits per heavy atom. The molecule has 0 N–H and O–H groups in total. The van der Waals surface area contributed by atoms with Crippen LogP contribution in [0.25, 0.3) is 0 Å². The molecule has 2 aromatic carbocycles. The number of halogens is 1. The minimum absolute atomic E-state index is 0.0370. The third-order valence-electron chi connectivity index (χ3n) is 5.75. The highest BCUT2D eigenvalue weighted by Crippen LogP contribution is 2.20. The molecule has 1 unspecified atom stereocenters. The van der Waals surface area contributed by atoms with E-state index in [1.807, 2.05) is 53.4 Å². The van der Waals surface area contributed by atoms with Crippen molar-refractivity contribution in [2.75, 3.05) is 6.61 Å². The average Bonchev–Trinajstić information content (AvgIpc) is 3.23. The van der Waals surface area contributed by atoms with Crippen LogP contribution in [-0.4, -0.2) is 28.0 Å². The molecule has 0 aliphatic heterocycles. The third kappa shape index (κ3) is 6.39. The summed E-state index contributed by atoms with van der Waals surface area (Å²) in [5.41, 5.74) is 2.91. The maximum Gasteiger partial charge on any atom is 0.254 e. The lowest BCUT2D eigenvalue weighted by Gasteiger charge is -2.29. The van der Waals surface area contributed by atoms with E-state index in [4.69, 9.17) is 16.3 Å². The molecule has 0 spiro atoms. The first-order valence-electron chi connectivity index (χ1n) is 11.4. The lowest BCUT2D eigenvalue weighted by molar-refractivity contribution is 0.0667. The average molecular weight is 453 g/mol. The van der Waals surface area contributed by atoms with Gasteiger partial charge in [-0.3, -0.25) is 4.79 Å². The van der Waals surface area contributed by atoms with Gasteiger partial charge in [0.15, 0.2) is 0 Å². The van der Waals surface area contributed by atoms with Gasteiger partial charge < -0.3 is 14.2 Å². The number of unbranched alkanes of at least 4 members (excludes halogenated alkanes) is 1. The molecule has 3 aromatic rings. The van der Waals surface area contributed by atoms with E-state index in [9.17, 15) is 4.79 Å². The Kier molecular flexibility index (Phi) is 8.81. The van der Waals surface area contributed by atoms with Crippen molar-refractivity contribution < 1.29 is 9.53 Å². The van der Waals surface area contributed by atoms with E-state index in [-0.39, 0.29) is 11.9 Å². The summed E-state index contributed by atoms with van der Waals surface area (Å²) in [6.45, 7) is 8.32. The van der Waals surface area contributed by atoms with Crippen LogP contribution in [0.1, 0.15) is 61.6 Å². The Hall–Kier alpha value is -2.72. The molecule has 1 heterocycles. The van der Waals surface area contributed by atoms with E-state index in [2.05, 4.69) is 43.7 Å². The van der Waals surface area contributed by atoms with Crippen LogP contribution in [0.3, 0.4) is 0 Å². The van der Waals surface area contributed by atoms with Crippen LogP contribution in [-0.2, 0) is 13.1 Å². The van der Waals surface area contributed by atoms with Gasteiger partial charge in [0, 0.05) is 35.1 Å². The van der Waals surface area contributed by atoms with Crippen LogP contribution in [0, 0.1) is 0 Å². The summed E-state index contributed by atoms with van der Waals surface area (Å²) >= 11 is 6.15. The fourth-order valence-electron chi connectivity index (χ4n) is 3.60. The molecule has 0 aliphatic rings. The van der Waals surface area contributed by atoms with Gasteiger partial charge in [-0.1, -0.05) is 44.0 Å². The van der Waals surface area contributed by atoms with Gasteiger partial charge in [0.1, 0.15) is 5.75 Å². The maximum atomic E-state index is 13.4. The fourth-order valence-corrected chi connectivity index (χ4v) is 3.81. The fraction of sp³-hybridized carbons (Fsp3) is 0.370. The van der Waals surface area contributed by atoms with E-state index in [1.54, 1.807) is 0 Å². The number of rotatable bonds is 11. The second-order valence-electron chi connectivity index (χ2n) is 8.17. The topological polar surface area (TPSA) is 34.5 Å². The molecular weight excluding hydrogens is 420 g/mol. The van der Waals surface area contributed by atoms with E-state index < -0.39 is 0 Å². The molecule has 0 aliphatic carbocycles. The summed E-state index contributed by atoms with van der Waals surface area (Å²) in [6, 6.07) is 19.6. The van der Waals surface area contributed by atoms with Crippen LogP contribution in [0.15, 0.2) is 66.9 Å². The van der Waals surface area contributed by atoms with Gasteiger partial charge in [-0.25, -0.2) is 0 Å². The van der Waals surface area contributed by atoms with Crippen molar-refractivity contribution in [1.82, 2.24) is 9.47 Å². The predicted octanol–water partition coefficient (Wildman–Crippen LogP) is 6.81. The Morgan fingerprint density at radius 1 is 1.09 bits per heavy atom. The number of aromatic nitrogens is 1. The first-order valence-corrected chi connectivity index (χ1v) is 11.8. The first kappa shape index (κ1) is 23.9. The van der Waals surface area contributed by atoms with Crippen molar-refractivity contribution in [3.63, 3.8) is 0 Å². The van der Waals surface area contributed by atoms with E-state index in [0.29, 0.717) is 18.7 Å². The molecule has 0 saturated heterocycles. The second kappa shape index (κ2) is 11.8. The van der Waals surface area contributed by atoms with E-state index >= 15 is 0 Å². The van der Waals surface area contributed by atoms with Gasteiger partial charge in [-0.15, -0.1) is 0 Å². The minimum atomic E-state index is 0.0370. The highest BCUT2D eigenvalue weighted by Gasteiger charge is 2.22. The molecule has 4 nitrogen and oxygen atoms in total. The standard InChI is InChI=1S/C27H33ClN2O2/c1-4-6-17-32-26-14-12-23(13-15-26)27(31)30(21(3)5-2)20-25-11-8-16-29(25)19-22-9-7-10-24(28)18-22/h7-16,18,21H,4-6,17,19-20H2,1-3H3. The van der Waals surface area contributed by atoms with Gasteiger partial charge in [-0.2, -0.15) is 0 Å². The van der Waals surface area contributed by atoms with Crippen molar-refractivity contribution in [1.29, 1.82) is 0 Å². The summed E-state index contributed by atoms with van der Waals surface area (Å²) in [7, 11) is 0. The largest absolute Gasteiger partial charge is 0.494 e. The third-order valence-corrected chi connectivity index (χ3v) is 5.98. The number of benzene rings is 2. The summed E-state index contributed by atoms with van der Waals surface area (Å²) in [4.78, 5) is 15.4. The minimum Gasteiger partial charge on any atom is -0.494 e. The normalized spacial score (nSPS) is 11.9. The summed E-state index contributed by atoms with van der Waals surface area (Å²) in [6.07, 6.45) is 5.06. The second-order valence-corrected chi connectivity index (χ2v) is 8.61. The number of carbonyl (C=O) groups excluding carboxylic acids is 1. The molecule has 32 heavy (non-hydrogen) atoms. The molecule has 0 bridgehead atoms. The van der Waals surface area contributed by atoms with Crippen molar-refractivity contribution in [3.8, 4) is 5.75 Å². The SMILES string of the molecule is CCCCOc1ccc(C(=O)N(Cc2cccn2Cc2cccc(Cl)c2)C(C)CC)cc1. The summed E-state index contributed by atoms with van der Waals surface area (Å²) in [5, 5.41) is 0.731. The van der Waals surface area contributed by atoms with Crippen molar-refractivity contribution in [3.05, 3.63) is 88.7 Å². The molecule has 1 amide bonds. The number of carbonyl (C=O) groups is 1. The lowest BCUT2D eigenvalue weighted by Crippen LogP contribution is -2.38. The number of ether oxygens (including phenoxy) is 1. The molecule has 0 fully saturated rings. The van der Waals surface area contributed by atoms with Gasteiger partial charge in [0.05, 0.1) is 13.2 Å². The van der Waals surface area contributed by atoms with Crippen LogP contribution in [0.2, 0.25) is 5.02 Å². The highest BCUT2D eigenvalue weighted by atomic mass is 35.5. The Balaban J connectivity index is 1.75.